The molecule has 2 rings (SSSR count). The van der Waals surface area contributed by atoms with Crippen molar-refractivity contribution in [3.63, 3.8) is 0 Å². The molecule has 0 amide bonds. The Morgan fingerprint density at radius 2 is 2.06 bits per heavy atom. The monoisotopic (exact) mass is 245 g/mol. The lowest BCUT2D eigenvalue weighted by Crippen LogP contribution is -2.12. The van der Waals surface area contributed by atoms with Crippen LogP contribution in [-0.2, 0) is 19.5 Å². The van der Waals surface area contributed by atoms with Crippen LogP contribution >= 0.6 is 0 Å². The molecule has 0 saturated heterocycles. The standard InChI is InChI=1S/C14H19N3O/c1-2-17-12(10-15)11-16-14(17)8-9-18-13-6-4-3-5-7-13/h3-7,11H,2,8-10,15H2,1H3. The van der Waals surface area contributed by atoms with Gasteiger partial charge in [0, 0.05) is 25.7 Å². The Hall–Kier alpha value is -1.81. The molecule has 0 unspecified atom stereocenters. The first-order chi connectivity index (χ1) is 8.85. The van der Waals surface area contributed by atoms with E-state index in [0.717, 1.165) is 30.2 Å². The first-order valence-corrected chi connectivity index (χ1v) is 6.26. The highest BCUT2D eigenvalue weighted by atomic mass is 16.5. The molecular formula is C14H19N3O. The number of imidazole rings is 1. The van der Waals surface area contributed by atoms with E-state index in [-0.39, 0.29) is 0 Å². The number of para-hydroxylation sites is 1. The van der Waals surface area contributed by atoms with E-state index in [9.17, 15) is 0 Å². The van der Waals surface area contributed by atoms with Crippen molar-refractivity contribution in [1.29, 1.82) is 0 Å². The van der Waals surface area contributed by atoms with E-state index >= 15 is 0 Å². The molecule has 1 aromatic carbocycles. The summed E-state index contributed by atoms with van der Waals surface area (Å²) in [5.41, 5.74) is 6.74. The number of ether oxygens (including phenoxy) is 1. The third kappa shape index (κ3) is 2.90. The van der Waals surface area contributed by atoms with Crippen molar-refractivity contribution in [2.75, 3.05) is 6.61 Å². The van der Waals surface area contributed by atoms with E-state index in [4.69, 9.17) is 10.5 Å². The quantitative estimate of drug-likeness (QED) is 0.846. The lowest BCUT2D eigenvalue weighted by molar-refractivity contribution is 0.316. The number of rotatable bonds is 6. The molecule has 96 valence electrons. The molecule has 0 radical (unpaired) electrons. The highest BCUT2D eigenvalue weighted by Crippen LogP contribution is 2.10. The Kier molecular flexibility index (Phi) is 4.36. The maximum absolute atomic E-state index is 5.67. The van der Waals surface area contributed by atoms with Gasteiger partial charge in [0.05, 0.1) is 12.3 Å². The first kappa shape index (κ1) is 12.6. The minimum atomic E-state index is 0.528. The van der Waals surface area contributed by atoms with Gasteiger partial charge in [-0.3, -0.25) is 0 Å². The van der Waals surface area contributed by atoms with Crippen LogP contribution in [-0.4, -0.2) is 16.2 Å². The van der Waals surface area contributed by atoms with E-state index in [1.165, 1.54) is 0 Å². The van der Waals surface area contributed by atoms with Crippen LogP contribution < -0.4 is 10.5 Å². The van der Waals surface area contributed by atoms with E-state index in [0.29, 0.717) is 13.2 Å². The Balaban J connectivity index is 1.92. The zero-order valence-electron chi connectivity index (χ0n) is 10.7. The van der Waals surface area contributed by atoms with Gasteiger partial charge in [-0.2, -0.15) is 0 Å². The van der Waals surface area contributed by atoms with Crippen LogP contribution in [0.4, 0.5) is 0 Å². The Morgan fingerprint density at radius 3 is 2.72 bits per heavy atom. The molecule has 0 bridgehead atoms. The summed E-state index contributed by atoms with van der Waals surface area (Å²) in [5.74, 6) is 1.93. The molecule has 0 aliphatic heterocycles. The van der Waals surface area contributed by atoms with Crippen molar-refractivity contribution in [2.45, 2.75) is 26.4 Å². The van der Waals surface area contributed by atoms with Crippen LogP contribution in [0.2, 0.25) is 0 Å². The number of hydrogen-bond acceptors (Lipinski definition) is 3. The summed E-state index contributed by atoms with van der Waals surface area (Å²) >= 11 is 0. The molecule has 0 atom stereocenters. The van der Waals surface area contributed by atoms with Gasteiger partial charge in [-0.15, -0.1) is 0 Å². The van der Waals surface area contributed by atoms with E-state index in [1.807, 2.05) is 36.5 Å². The third-order valence-corrected chi connectivity index (χ3v) is 2.88. The van der Waals surface area contributed by atoms with E-state index < -0.39 is 0 Å². The predicted octanol–water partition coefficient (Wildman–Crippen LogP) is 1.98. The summed E-state index contributed by atoms with van der Waals surface area (Å²) in [6, 6.07) is 9.82. The van der Waals surface area contributed by atoms with Crippen LogP contribution in [0.15, 0.2) is 36.5 Å². The number of aromatic nitrogens is 2. The van der Waals surface area contributed by atoms with Gasteiger partial charge in [0.15, 0.2) is 0 Å². The molecule has 4 nitrogen and oxygen atoms in total. The van der Waals surface area contributed by atoms with Crippen molar-refractivity contribution in [3.05, 3.63) is 48.0 Å². The third-order valence-electron chi connectivity index (χ3n) is 2.88. The molecule has 0 fully saturated rings. The number of nitrogens with two attached hydrogens (primary N) is 1. The van der Waals surface area contributed by atoms with Gasteiger partial charge >= 0.3 is 0 Å². The summed E-state index contributed by atoms with van der Waals surface area (Å²) < 4.78 is 7.81. The molecule has 0 aliphatic rings. The van der Waals surface area contributed by atoms with Gasteiger partial charge in [0.2, 0.25) is 0 Å². The number of benzene rings is 1. The van der Waals surface area contributed by atoms with Crippen LogP contribution in [0.3, 0.4) is 0 Å². The van der Waals surface area contributed by atoms with Crippen molar-refractivity contribution in [2.24, 2.45) is 5.73 Å². The number of nitrogens with zero attached hydrogens (tertiary/aromatic N) is 2. The van der Waals surface area contributed by atoms with Gasteiger partial charge in [-0.1, -0.05) is 18.2 Å². The fraction of sp³-hybridized carbons (Fsp3) is 0.357. The molecule has 0 spiro atoms. The lowest BCUT2D eigenvalue weighted by Gasteiger charge is -2.09. The predicted molar refractivity (Wildman–Crippen MR) is 71.4 cm³/mol. The molecule has 18 heavy (non-hydrogen) atoms. The van der Waals surface area contributed by atoms with Crippen molar-refractivity contribution < 1.29 is 4.74 Å². The second kappa shape index (κ2) is 6.21. The fourth-order valence-electron chi connectivity index (χ4n) is 1.98. The number of hydrogen-bond donors (Lipinski definition) is 1. The van der Waals surface area contributed by atoms with Crippen molar-refractivity contribution >= 4 is 0 Å². The molecule has 4 heteroatoms. The van der Waals surface area contributed by atoms with E-state index in [2.05, 4.69) is 16.5 Å². The van der Waals surface area contributed by atoms with Crippen LogP contribution in [0, 0.1) is 0 Å². The van der Waals surface area contributed by atoms with Gasteiger partial charge in [0.1, 0.15) is 11.6 Å². The summed E-state index contributed by atoms with van der Waals surface area (Å²) in [6.07, 6.45) is 2.64. The average molecular weight is 245 g/mol. The van der Waals surface area contributed by atoms with Crippen molar-refractivity contribution in [3.8, 4) is 5.75 Å². The Bertz CT molecular complexity index is 479. The maximum atomic E-state index is 5.67. The highest BCUT2D eigenvalue weighted by Gasteiger charge is 2.07. The van der Waals surface area contributed by atoms with Gasteiger partial charge in [-0.05, 0) is 19.1 Å². The smallest absolute Gasteiger partial charge is 0.119 e. The Labute approximate surface area is 107 Å². The average Bonchev–Trinajstić information content (AvgIpc) is 2.82. The minimum Gasteiger partial charge on any atom is -0.493 e. The summed E-state index contributed by atoms with van der Waals surface area (Å²) in [4.78, 5) is 4.39. The zero-order chi connectivity index (χ0) is 12.8. The Morgan fingerprint density at radius 1 is 1.28 bits per heavy atom. The van der Waals surface area contributed by atoms with Gasteiger partial charge in [-0.25, -0.2) is 4.98 Å². The maximum Gasteiger partial charge on any atom is 0.119 e. The normalized spacial score (nSPS) is 10.6. The topological polar surface area (TPSA) is 53.1 Å². The van der Waals surface area contributed by atoms with Gasteiger partial charge < -0.3 is 15.0 Å². The molecular weight excluding hydrogens is 226 g/mol. The molecule has 0 saturated carbocycles. The summed E-state index contributed by atoms with van der Waals surface area (Å²) in [6.45, 7) is 4.15. The van der Waals surface area contributed by atoms with Crippen LogP contribution in [0.5, 0.6) is 5.75 Å². The van der Waals surface area contributed by atoms with Crippen LogP contribution in [0.1, 0.15) is 18.4 Å². The second-order valence-corrected chi connectivity index (χ2v) is 4.03. The minimum absolute atomic E-state index is 0.528. The molecule has 1 aromatic heterocycles. The summed E-state index contributed by atoms with van der Waals surface area (Å²) in [5, 5.41) is 0. The lowest BCUT2D eigenvalue weighted by atomic mass is 10.3. The fourth-order valence-corrected chi connectivity index (χ4v) is 1.98. The first-order valence-electron chi connectivity index (χ1n) is 6.26. The molecule has 1 heterocycles. The molecule has 2 N–H and O–H groups in total. The van der Waals surface area contributed by atoms with Crippen molar-refractivity contribution in [1.82, 2.24) is 9.55 Å². The largest absolute Gasteiger partial charge is 0.493 e. The van der Waals surface area contributed by atoms with Crippen LogP contribution in [0.25, 0.3) is 0 Å². The molecule has 2 aromatic rings. The highest BCUT2D eigenvalue weighted by molar-refractivity contribution is 5.20. The molecule has 0 aliphatic carbocycles. The van der Waals surface area contributed by atoms with E-state index in [1.54, 1.807) is 0 Å². The second-order valence-electron chi connectivity index (χ2n) is 4.03. The zero-order valence-corrected chi connectivity index (χ0v) is 10.7. The van der Waals surface area contributed by atoms with Gasteiger partial charge in [0.25, 0.3) is 0 Å². The SMILES string of the molecule is CCn1c(CN)cnc1CCOc1ccccc1. The summed E-state index contributed by atoms with van der Waals surface area (Å²) in [7, 11) is 0.